The molecule has 0 aliphatic carbocycles. The molecule has 92 valence electrons. The summed E-state index contributed by atoms with van der Waals surface area (Å²) >= 11 is 1.43. The first-order valence-corrected chi connectivity index (χ1v) is 6.36. The fourth-order valence-corrected chi connectivity index (χ4v) is 2.02. The molecule has 18 heavy (non-hydrogen) atoms. The molecule has 4 nitrogen and oxygen atoms in total. The number of nitriles is 1. The SMILES string of the molecule is C#CCC(Nc1cccc(SC)c1C#N)C(=O)O. The van der Waals surface area contributed by atoms with Crippen LogP contribution < -0.4 is 5.32 Å². The second-order valence-corrected chi connectivity index (χ2v) is 4.29. The fourth-order valence-electron chi connectivity index (χ4n) is 1.44. The van der Waals surface area contributed by atoms with E-state index in [1.165, 1.54) is 11.8 Å². The van der Waals surface area contributed by atoms with E-state index >= 15 is 0 Å². The third-order valence-corrected chi connectivity index (χ3v) is 3.09. The lowest BCUT2D eigenvalue weighted by Crippen LogP contribution is -2.29. The number of rotatable bonds is 5. The number of nitrogens with one attached hydrogen (secondary N) is 1. The second kappa shape index (κ2) is 6.58. The molecule has 0 aliphatic heterocycles. The number of hydrogen-bond donors (Lipinski definition) is 2. The van der Waals surface area contributed by atoms with E-state index in [4.69, 9.17) is 16.8 Å². The van der Waals surface area contributed by atoms with Crippen molar-refractivity contribution in [3.8, 4) is 18.4 Å². The molecule has 0 aliphatic rings. The Morgan fingerprint density at radius 3 is 2.89 bits per heavy atom. The molecule has 0 radical (unpaired) electrons. The predicted molar refractivity (Wildman–Crippen MR) is 71.4 cm³/mol. The number of anilines is 1. The van der Waals surface area contributed by atoms with E-state index in [2.05, 4.69) is 17.3 Å². The molecule has 0 saturated carbocycles. The summed E-state index contributed by atoms with van der Waals surface area (Å²) in [5.74, 6) is 1.27. The Labute approximate surface area is 110 Å². The lowest BCUT2D eigenvalue weighted by molar-refractivity contribution is -0.137. The van der Waals surface area contributed by atoms with Crippen LogP contribution in [-0.4, -0.2) is 23.4 Å². The predicted octanol–water partition coefficient (Wildman–Crippen LogP) is 2.17. The number of thioether (sulfide) groups is 1. The topological polar surface area (TPSA) is 73.1 Å². The number of aliphatic carboxylic acids is 1. The zero-order valence-corrected chi connectivity index (χ0v) is 10.6. The van der Waals surface area contributed by atoms with Crippen molar-refractivity contribution < 1.29 is 9.90 Å². The van der Waals surface area contributed by atoms with Gasteiger partial charge in [-0.3, -0.25) is 0 Å². The van der Waals surface area contributed by atoms with E-state index < -0.39 is 12.0 Å². The summed E-state index contributed by atoms with van der Waals surface area (Å²) in [4.78, 5) is 11.8. The van der Waals surface area contributed by atoms with Gasteiger partial charge in [0.2, 0.25) is 0 Å². The van der Waals surface area contributed by atoms with Crippen LogP contribution in [0.3, 0.4) is 0 Å². The minimum atomic E-state index is -1.04. The molecule has 1 aromatic rings. The first-order valence-electron chi connectivity index (χ1n) is 5.14. The van der Waals surface area contributed by atoms with Crippen LogP contribution in [0.4, 0.5) is 5.69 Å². The summed E-state index contributed by atoms with van der Waals surface area (Å²) in [7, 11) is 0. The fraction of sp³-hybridized carbons (Fsp3) is 0.231. The van der Waals surface area contributed by atoms with Crippen LogP contribution in [0.2, 0.25) is 0 Å². The Kier molecular flexibility index (Phi) is 5.10. The zero-order chi connectivity index (χ0) is 13.5. The van der Waals surface area contributed by atoms with Gasteiger partial charge in [0, 0.05) is 11.3 Å². The maximum atomic E-state index is 11.0. The Balaban J connectivity index is 3.07. The number of nitrogens with zero attached hydrogens (tertiary/aromatic N) is 1. The number of hydrogen-bond acceptors (Lipinski definition) is 4. The second-order valence-electron chi connectivity index (χ2n) is 3.44. The maximum Gasteiger partial charge on any atom is 0.327 e. The maximum absolute atomic E-state index is 11.0. The summed E-state index contributed by atoms with van der Waals surface area (Å²) in [5.41, 5.74) is 0.931. The van der Waals surface area contributed by atoms with Crippen molar-refractivity contribution in [1.29, 1.82) is 5.26 Å². The van der Waals surface area contributed by atoms with E-state index in [0.717, 1.165) is 4.90 Å². The Morgan fingerprint density at radius 1 is 1.67 bits per heavy atom. The van der Waals surface area contributed by atoms with Crippen molar-refractivity contribution in [3.63, 3.8) is 0 Å². The number of carboxylic acid groups (broad SMARTS) is 1. The van der Waals surface area contributed by atoms with Crippen LogP contribution in [0.25, 0.3) is 0 Å². The first kappa shape index (κ1) is 14.0. The lowest BCUT2D eigenvalue weighted by atomic mass is 10.1. The van der Waals surface area contributed by atoms with Gasteiger partial charge in [-0.2, -0.15) is 5.26 Å². The van der Waals surface area contributed by atoms with E-state index in [1.807, 2.05) is 12.3 Å². The van der Waals surface area contributed by atoms with Gasteiger partial charge in [0.15, 0.2) is 0 Å². The van der Waals surface area contributed by atoms with Gasteiger partial charge in [0.1, 0.15) is 12.1 Å². The van der Waals surface area contributed by atoms with E-state index in [9.17, 15) is 4.79 Å². The monoisotopic (exact) mass is 260 g/mol. The minimum absolute atomic E-state index is 0.0592. The van der Waals surface area contributed by atoms with Gasteiger partial charge in [-0.25, -0.2) is 4.79 Å². The first-order chi connectivity index (χ1) is 8.63. The van der Waals surface area contributed by atoms with Crippen LogP contribution in [0.1, 0.15) is 12.0 Å². The third-order valence-electron chi connectivity index (χ3n) is 2.31. The van der Waals surface area contributed by atoms with Gasteiger partial charge in [0.25, 0.3) is 0 Å². The average Bonchev–Trinajstić information content (AvgIpc) is 2.37. The van der Waals surface area contributed by atoms with Gasteiger partial charge in [0.05, 0.1) is 11.3 Å². The highest BCUT2D eigenvalue weighted by Crippen LogP contribution is 2.26. The van der Waals surface area contributed by atoms with Crippen molar-refractivity contribution in [2.75, 3.05) is 11.6 Å². The Hall–Kier alpha value is -2.11. The van der Waals surface area contributed by atoms with Crippen LogP contribution in [0.15, 0.2) is 23.1 Å². The van der Waals surface area contributed by atoms with E-state index in [1.54, 1.807) is 12.1 Å². The Bertz CT molecular complexity index is 529. The van der Waals surface area contributed by atoms with Crippen molar-refractivity contribution in [1.82, 2.24) is 0 Å². The van der Waals surface area contributed by atoms with Crippen LogP contribution in [0.5, 0.6) is 0 Å². The number of benzene rings is 1. The molecule has 0 spiro atoms. The molecule has 0 amide bonds. The summed E-state index contributed by atoms with van der Waals surface area (Å²) in [6, 6.07) is 6.43. The standard InChI is InChI=1S/C13H12N2O2S/c1-3-5-11(13(16)17)15-10-6-4-7-12(18-2)9(10)8-14/h1,4,6-7,11,15H,5H2,2H3,(H,16,17). The molecule has 0 fully saturated rings. The van der Waals surface area contributed by atoms with Crippen molar-refractivity contribution in [2.45, 2.75) is 17.4 Å². The van der Waals surface area contributed by atoms with E-state index in [0.29, 0.717) is 11.3 Å². The molecule has 2 N–H and O–H groups in total. The molecule has 1 rings (SSSR count). The molecular weight excluding hydrogens is 248 g/mol. The minimum Gasteiger partial charge on any atom is -0.480 e. The van der Waals surface area contributed by atoms with Gasteiger partial charge in [-0.15, -0.1) is 24.1 Å². The van der Waals surface area contributed by atoms with Gasteiger partial charge >= 0.3 is 5.97 Å². The highest BCUT2D eigenvalue weighted by molar-refractivity contribution is 7.98. The molecule has 0 aromatic heterocycles. The summed E-state index contributed by atoms with van der Waals surface area (Å²) in [5, 5.41) is 20.9. The highest BCUT2D eigenvalue weighted by atomic mass is 32.2. The molecule has 1 atom stereocenters. The molecule has 5 heteroatoms. The van der Waals surface area contributed by atoms with Crippen molar-refractivity contribution >= 4 is 23.4 Å². The molecule has 0 heterocycles. The van der Waals surface area contributed by atoms with Gasteiger partial charge < -0.3 is 10.4 Å². The zero-order valence-electron chi connectivity index (χ0n) is 9.80. The molecular formula is C13H12N2O2S. The number of carbonyl (C=O) groups is 1. The quantitative estimate of drug-likeness (QED) is 0.627. The molecule has 1 aromatic carbocycles. The van der Waals surface area contributed by atoms with E-state index in [-0.39, 0.29) is 6.42 Å². The van der Waals surface area contributed by atoms with Crippen LogP contribution in [-0.2, 0) is 4.79 Å². The average molecular weight is 260 g/mol. The highest BCUT2D eigenvalue weighted by Gasteiger charge is 2.18. The molecule has 0 saturated heterocycles. The summed E-state index contributed by atoms with van der Waals surface area (Å²) < 4.78 is 0. The largest absolute Gasteiger partial charge is 0.480 e. The summed E-state index contributed by atoms with van der Waals surface area (Å²) in [6.07, 6.45) is 7.04. The number of terminal acetylenes is 1. The van der Waals surface area contributed by atoms with Crippen LogP contribution in [0, 0.1) is 23.7 Å². The van der Waals surface area contributed by atoms with Crippen molar-refractivity contribution in [3.05, 3.63) is 23.8 Å². The van der Waals surface area contributed by atoms with Gasteiger partial charge in [-0.05, 0) is 18.4 Å². The summed E-state index contributed by atoms with van der Waals surface area (Å²) in [6.45, 7) is 0. The molecule has 1 unspecified atom stereocenters. The normalized spacial score (nSPS) is 11.1. The van der Waals surface area contributed by atoms with Gasteiger partial charge in [-0.1, -0.05) is 6.07 Å². The molecule has 0 bridgehead atoms. The lowest BCUT2D eigenvalue weighted by Gasteiger charge is -2.15. The number of carboxylic acids is 1. The Morgan fingerprint density at radius 2 is 2.39 bits per heavy atom. The third kappa shape index (κ3) is 3.19. The smallest absolute Gasteiger partial charge is 0.327 e. The van der Waals surface area contributed by atoms with Crippen LogP contribution >= 0.6 is 11.8 Å². The van der Waals surface area contributed by atoms with Crippen molar-refractivity contribution in [2.24, 2.45) is 0 Å².